The lowest BCUT2D eigenvalue weighted by molar-refractivity contribution is -0.0119. The highest BCUT2D eigenvalue weighted by Crippen LogP contribution is 2.53. The largest absolute Gasteiger partial charge is 0.384 e. The van der Waals surface area contributed by atoms with E-state index in [-0.39, 0.29) is 5.91 Å². The van der Waals surface area contributed by atoms with E-state index in [4.69, 9.17) is 5.73 Å². The predicted octanol–water partition coefficient (Wildman–Crippen LogP) is 2.22. The van der Waals surface area contributed by atoms with Gasteiger partial charge in [0.2, 0.25) is 0 Å². The van der Waals surface area contributed by atoms with Crippen LogP contribution in [0.5, 0.6) is 0 Å². The number of rotatable bonds is 2. The Morgan fingerprint density at radius 1 is 1.10 bits per heavy atom. The van der Waals surface area contributed by atoms with Gasteiger partial charge >= 0.3 is 0 Å². The van der Waals surface area contributed by atoms with E-state index >= 15 is 0 Å². The molecule has 0 aromatic carbocycles. The molecule has 5 rings (SSSR count). The number of nitrogens with two attached hydrogens (primary N) is 1. The topological polar surface area (TPSA) is 68.0 Å². The number of nitrogen functional groups attached to an aromatic ring is 1. The number of amides is 1. The van der Waals surface area contributed by atoms with Crippen molar-refractivity contribution >= 4 is 11.7 Å². The molecule has 0 unspecified atom stereocenters. The van der Waals surface area contributed by atoms with E-state index in [1.54, 1.807) is 18.3 Å². The van der Waals surface area contributed by atoms with Crippen LogP contribution < -0.4 is 11.1 Å². The molecule has 4 heteroatoms. The standard InChI is InChI=1S/C16H21N3O/c17-14-2-1-11(8-18-14)16(20)19-15-12-4-9-3-10(6-12)7-13(15)5-9/h1-2,8-10,12-13,15H,3-7H2,(H2,17,18)(H,19,20). The van der Waals surface area contributed by atoms with Crippen LogP contribution in [0.4, 0.5) is 5.82 Å². The maximum Gasteiger partial charge on any atom is 0.253 e. The highest BCUT2D eigenvalue weighted by molar-refractivity contribution is 5.94. The summed E-state index contributed by atoms with van der Waals surface area (Å²) < 4.78 is 0. The second-order valence-electron chi connectivity index (χ2n) is 6.90. The lowest BCUT2D eigenvalue weighted by Crippen LogP contribution is -2.55. The zero-order valence-electron chi connectivity index (χ0n) is 11.6. The van der Waals surface area contributed by atoms with E-state index in [1.807, 2.05) is 0 Å². The molecule has 20 heavy (non-hydrogen) atoms. The molecule has 1 aromatic rings. The minimum absolute atomic E-state index is 0.00923. The number of pyridine rings is 1. The summed E-state index contributed by atoms with van der Waals surface area (Å²) in [6, 6.07) is 3.83. The van der Waals surface area contributed by atoms with E-state index in [0.29, 0.717) is 29.3 Å². The zero-order chi connectivity index (χ0) is 13.7. The molecule has 0 saturated heterocycles. The number of carbonyl (C=O) groups is 1. The average molecular weight is 271 g/mol. The molecule has 106 valence electrons. The summed E-state index contributed by atoms with van der Waals surface area (Å²) in [6.07, 6.45) is 8.28. The van der Waals surface area contributed by atoms with Crippen LogP contribution in [-0.2, 0) is 0 Å². The smallest absolute Gasteiger partial charge is 0.253 e. The summed E-state index contributed by atoms with van der Waals surface area (Å²) >= 11 is 0. The first kappa shape index (κ1) is 12.2. The molecular weight excluding hydrogens is 250 g/mol. The third-order valence-electron chi connectivity index (χ3n) is 5.57. The Kier molecular flexibility index (Phi) is 2.72. The molecule has 4 aliphatic carbocycles. The second kappa shape index (κ2) is 4.47. The first-order valence-electron chi connectivity index (χ1n) is 7.71. The van der Waals surface area contributed by atoms with Crippen molar-refractivity contribution < 1.29 is 4.79 Å². The summed E-state index contributed by atoms with van der Waals surface area (Å²) in [5.41, 5.74) is 6.18. The van der Waals surface area contributed by atoms with Gasteiger partial charge in [0.25, 0.3) is 5.91 Å². The highest BCUT2D eigenvalue weighted by atomic mass is 16.1. The molecule has 4 saturated carbocycles. The third-order valence-corrected chi connectivity index (χ3v) is 5.57. The summed E-state index contributed by atoms with van der Waals surface area (Å²) in [7, 11) is 0. The van der Waals surface area contributed by atoms with E-state index < -0.39 is 0 Å². The quantitative estimate of drug-likeness (QED) is 0.866. The van der Waals surface area contributed by atoms with Gasteiger partial charge < -0.3 is 11.1 Å². The number of hydrogen-bond acceptors (Lipinski definition) is 3. The number of hydrogen-bond donors (Lipinski definition) is 2. The van der Waals surface area contributed by atoms with Crippen molar-refractivity contribution in [1.82, 2.24) is 10.3 Å². The van der Waals surface area contributed by atoms with Crippen LogP contribution in [0, 0.1) is 23.7 Å². The lowest BCUT2D eigenvalue weighted by atomic mass is 9.54. The summed E-state index contributed by atoms with van der Waals surface area (Å²) in [5.74, 6) is 3.74. The van der Waals surface area contributed by atoms with E-state index in [9.17, 15) is 4.79 Å². The number of aromatic nitrogens is 1. The molecule has 1 aromatic heterocycles. The number of nitrogens with one attached hydrogen (secondary N) is 1. The predicted molar refractivity (Wildman–Crippen MR) is 76.9 cm³/mol. The molecule has 0 spiro atoms. The molecule has 1 heterocycles. The summed E-state index contributed by atoms with van der Waals surface area (Å²) in [4.78, 5) is 16.4. The molecule has 0 radical (unpaired) electrons. The Balaban J connectivity index is 1.49. The fraction of sp³-hybridized carbons (Fsp3) is 0.625. The molecule has 4 fully saturated rings. The van der Waals surface area contributed by atoms with Gasteiger partial charge in [0.1, 0.15) is 5.82 Å². The van der Waals surface area contributed by atoms with Gasteiger partial charge in [-0.15, -0.1) is 0 Å². The van der Waals surface area contributed by atoms with Crippen LogP contribution in [0.2, 0.25) is 0 Å². The highest BCUT2D eigenvalue weighted by Gasteiger charge is 2.48. The second-order valence-corrected chi connectivity index (χ2v) is 6.90. The summed E-state index contributed by atoms with van der Waals surface area (Å²) in [6.45, 7) is 0. The van der Waals surface area contributed by atoms with Gasteiger partial charge in [-0.3, -0.25) is 4.79 Å². The van der Waals surface area contributed by atoms with Crippen molar-refractivity contribution in [1.29, 1.82) is 0 Å². The average Bonchev–Trinajstić information content (AvgIpc) is 2.42. The molecule has 3 N–H and O–H groups in total. The van der Waals surface area contributed by atoms with Crippen LogP contribution >= 0.6 is 0 Å². The minimum Gasteiger partial charge on any atom is -0.384 e. The Bertz CT molecular complexity index is 497. The Hall–Kier alpha value is -1.58. The molecule has 4 bridgehead atoms. The summed E-state index contributed by atoms with van der Waals surface area (Å²) in [5, 5.41) is 3.28. The number of anilines is 1. The third kappa shape index (κ3) is 1.98. The Morgan fingerprint density at radius 3 is 2.30 bits per heavy atom. The van der Waals surface area contributed by atoms with Crippen LogP contribution in [0.1, 0.15) is 42.5 Å². The first-order chi connectivity index (χ1) is 9.69. The van der Waals surface area contributed by atoms with Crippen molar-refractivity contribution in [3.8, 4) is 0 Å². The first-order valence-corrected chi connectivity index (χ1v) is 7.71. The van der Waals surface area contributed by atoms with Crippen LogP contribution in [0.25, 0.3) is 0 Å². The van der Waals surface area contributed by atoms with Gasteiger partial charge in [-0.2, -0.15) is 0 Å². The monoisotopic (exact) mass is 271 g/mol. The van der Waals surface area contributed by atoms with E-state index in [2.05, 4.69) is 10.3 Å². The van der Waals surface area contributed by atoms with Crippen molar-refractivity contribution in [3.05, 3.63) is 23.9 Å². The van der Waals surface area contributed by atoms with Crippen molar-refractivity contribution in [2.45, 2.75) is 38.1 Å². The normalized spacial score (nSPS) is 37.9. The lowest BCUT2D eigenvalue weighted by Gasteiger charge is -2.54. The molecule has 1 amide bonds. The van der Waals surface area contributed by atoms with Crippen molar-refractivity contribution in [2.75, 3.05) is 5.73 Å². The van der Waals surface area contributed by atoms with Gasteiger partial charge in [-0.1, -0.05) is 0 Å². The Labute approximate surface area is 119 Å². The Morgan fingerprint density at radius 2 is 1.75 bits per heavy atom. The van der Waals surface area contributed by atoms with Gasteiger partial charge in [0.05, 0.1) is 5.56 Å². The number of carbonyl (C=O) groups excluding carboxylic acids is 1. The number of nitrogens with zero attached hydrogens (tertiary/aromatic N) is 1. The van der Waals surface area contributed by atoms with Crippen LogP contribution in [-0.4, -0.2) is 16.9 Å². The molecule has 4 aliphatic rings. The zero-order valence-corrected chi connectivity index (χ0v) is 11.6. The maximum absolute atomic E-state index is 12.4. The van der Waals surface area contributed by atoms with Crippen molar-refractivity contribution in [2.24, 2.45) is 23.7 Å². The SMILES string of the molecule is Nc1ccc(C(=O)NC2C3CC4CC(C3)CC2C4)cn1. The molecule has 0 atom stereocenters. The maximum atomic E-state index is 12.4. The van der Waals surface area contributed by atoms with Crippen molar-refractivity contribution in [3.63, 3.8) is 0 Å². The fourth-order valence-corrected chi connectivity index (χ4v) is 4.94. The van der Waals surface area contributed by atoms with Gasteiger partial charge in [-0.25, -0.2) is 4.98 Å². The fourth-order valence-electron chi connectivity index (χ4n) is 4.94. The van der Waals surface area contributed by atoms with Crippen LogP contribution in [0.3, 0.4) is 0 Å². The molecule has 0 aliphatic heterocycles. The van der Waals surface area contributed by atoms with Gasteiger partial charge in [-0.05, 0) is 67.9 Å². The molecule has 4 nitrogen and oxygen atoms in total. The van der Waals surface area contributed by atoms with E-state index in [1.165, 1.54) is 32.1 Å². The van der Waals surface area contributed by atoms with Gasteiger partial charge in [0.15, 0.2) is 0 Å². The van der Waals surface area contributed by atoms with Gasteiger partial charge in [0, 0.05) is 12.2 Å². The molecular formula is C16H21N3O. The minimum atomic E-state index is 0.00923. The van der Waals surface area contributed by atoms with Crippen LogP contribution in [0.15, 0.2) is 18.3 Å². The van der Waals surface area contributed by atoms with E-state index in [0.717, 1.165) is 11.8 Å².